The van der Waals surface area contributed by atoms with Gasteiger partial charge in [0.1, 0.15) is 0 Å². The largest absolute Gasteiger partial charge is 0.208 e. The van der Waals surface area contributed by atoms with Crippen LogP contribution in [0.25, 0.3) is 45.3 Å². The molecule has 2 fully saturated rings. The number of fused-ring (bicyclic) bond motifs is 2. The summed E-state index contributed by atoms with van der Waals surface area (Å²) in [4.78, 5) is 15.1. The van der Waals surface area contributed by atoms with Crippen LogP contribution in [0, 0.1) is 29.1 Å². The van der Waals surface area contributed by atoms with Crippen molar-refractivity contribution in [3.63, 3.8) is 0 Å². The van der Waals surface area contributed by atoms with Gasteiger partial charge in [-0.2, -0.15) is 5.26 Å². The minimum Gasteiger partial charge on any atom is -0.208 e. The van der Waals surface area contributed by atoms with E-state index in [9.17, 15) is 5.26 Å². The second-order valence-corrected chi connectivity index (χ2v) is 13.1. The maximum absolute atomic E-state index is 9.85. The van der Waals surface area contributed by atoms with Gasteiger partial charge in [0, 0.05) is 22.3 Å². The Morgan fingerprint density at radius 1 is 0.659 bits per heavy atom. The van der Waals surface area contributed by atoms with Gasteiger partial charge in [-0.3, -0.25) is 0 Å². The van der Waals surface area contributed by atoms with Crippen molar-refractivity contribution in [3.8, 4) is 51.4 Å². The highest BCUT2D eigenvalue weighted by Gasteiger charge is 2.45. The molecule has 4 nitrogen and oxygen atoms in total. The Hall–Kier alpha value is -4.62. The highest BCUT2D eigenvalue weighted by molar-refractivity contribution is 5.84. The lowest BCUT2D eigenvalue weighted by Gasteiger charge is -2.51. The molecule has 0 N–H and O–H groups in total. The van der Waals surface area contributed by atoms with E-state index in [1.54, 1.807) is 0 Å². The van der Waals surface area contributed by atoms with Gasteiger partial charge in [-0.25, -0.2) is 15.0 Å². The van der Waals surface area contributed by atoms with Gasteiger partial charge in [-0.1, -0.05) is 117 Å². The number of aromatic nitrogens is 3. The first-order chi connectivity index (χ1) is 21.5. The first-order valence-corrected chi connectivity index (χ1v) is 16.1. The molecule has 0 saturated heterocycles. The topological polar surface area (TPSA) is 62.5 Å². The smallest absolute Gasteiger partial charge is 0.164 e. The maximum atomic E-state index is 9.85. The van der Waals surface area contributed by atoms with Crippen LogP contribution in [0.5, 0.6) is 0 Å². The minimum atomic E-state index is 0.284. The molecule has 0 aliphatic heterocycles. The lowest BCUT2D eigenvalue weighted by Crippen LogP contribution is -2.42. The molecule has 0 radical (unpaired) electrons. The molecule has 4 aromatic carbocycles. The Labute approximate surface area is 260 Å². The summed E-state index contributed by atoms with van der Waals surface area (Å²) >= 11 is 0. The van der Waals surface area contributed by atoms with Crippen molar-refractivity contribution in [2.45, 2.75) is 57.8 Å². The van der Waals surface area contributed by atoms with E-state index in [-0.39, 0.29) is 5.41 Å². The molecule has 1 unspecified atom stereocenters. The molecular weight excluding hydrogens is 536 g/mol. The van der Waals surface area contributed by atoms with Gasteiger partial charge in [0.25, 0.3) is 0 Å². The summed E-state index contributed by atoms with van der Waals surface area (Å²) in [5.74, 6) is 4.35. The fourth-order valence-corrected chi connectivity index (χ4v) is 8.20. The summed E-state index contributed by atoms with van der Waals surface area (Å²) in [7, 11) is 0. The van der Waals surface area contributed by atoms with Gasteiger partial charge in [0.15, 0.2) is 17.5 Å². The molecule has 0 spiro atoms. The third-order valence-corrected chi connectivity index (χ3v) is 10.0. The Morgan fingerprint density at radius 2 is 1.27 bits per heavy atom. The average molecular weight is 575 g/mol. The SMILES string of the molecule is CC[C@@H]1C[C@@H]2C[C@H](C)CC(c3ccc(-c4nc(-c5ccccc5)nc(-c5ccccc5-c5ccccc5C#N)n4)cc3)(C1)C2. The molecule has 44 heavy (non-hydrogen) atoms. The first-order valence-electron chi connectivity index (χ1n) is 16.1. The molecule has 5 aromatic rings. The molecule has 2 aliphatic carbocycles. The summed E-state index contributed by atoms with van der Waals surface area (Å²) in [5, 5.41) is 9.85. The highest BCUT2D eigenvalue weighted by Crippen LogP contribution is 2.54. The molecular formula is C40H38N4. The molecule has 1 heterocycles. The number of nitrogens with zero attached hydrogens (tertiary/aromatic N) is 4. The van der Waals surface area contributed by atoms with Crippen molar-refractivity contribution in [1.82, 2.24) is 15.0 Å². The summed E-state index contributed by atoms with van der Waals surface area (Å²) in [6.45, 7) is 4.82. The van der Waals surface area contributed by atoms with Crippen LogP contribution in [0.2, 0.25) is 0 Å². The van der Waals surface area contributed by atoms with E-state index in [1.165, 1.54) is 44.1 Å². The molecule has 4 atom stereocenters. The van der Waals surface area contributed by atoms with Crippen LogP contribution in [0.1, 0.15) is 63.5 Å². The van der Waals surface area contributed by atoms with Crippen LogP contribution in [0.3, 0.4) is 0 Å². The van der Waals surface area contributed by atoms with E-state index in [0.29, 0.717) is 23.0 Å². The zero-order valence-electron chi connectivity index (χ0n) is 25.6. The van der Waals surface area contributed by atoms with Gasteiger partial charge in [-0.05, 0) is 72.5 Å². The number of benzene rings is 4. The van der Waals surface area contributed by atoms with Crippen molar-refractivity contribution in [2.75, 3.05) is 0 Å². The van der Waals surface area contributed by atoms with Gasteiger partial charge >= 0.3 is 0 Å². The van der Waals surface area contributed by atoms with Crippen molar-refractivity contribution in [2.24, 2.45) is 17.8 Å². The first kappa shape index (κ1) is 28.2. The lowest BCUT2D eigenvalue weighted by atomic mass is 9.54. The summed E-state index contributed by atoms with van der Waals surface area (Å²) in [6, 6.07) is 37.4. The zero-order valence-corrected chi connectivity index (χ0v) is 25.6. The molecule has 2 aliphatic rings. The zero-order chi connectivity index (χ0) is 30.1. The molecule has 1 aromatic heterocycles. The van der Waals surface area contributed by atoms with E-state index in [4.69, 9.17) is 15.0 Å². The van der Waals surface area contributed by atoms with E-state index < -0.39 is 0 Å². The number of nitriles is 1. The number of rotatable bonds is 6. The van der Waals surface area contributed by atoms with Gasteiger partial charge in [0.2, 0.25) is 0 Å². The van der Waals surface area contributed by atoms with E-state index in [2.05, 4.69) is 44.2 Å². The molecule has 2 bridgehead atoms. The fraction of sp³-hybridized carbons (Fsp3) is 0.300. The predicted molar refractivity (Wildman–Crippen MR) is 177 cm³/mol. The van der Waals surface area contributed by atoms with Crippen LogP contribution in [-0.2, 0) is 5.41 Å². The Kier molecular flexibility index (Phi) is 7.56. The van der Waals surface area contributed by atoms with Gasteiger partial charge < -0.3 is 0 Å². The average Bonchev–Trinajstić information content (AvgIpc) is 3.08. The standard InChI is InChI=1S/C40H38N4/c1-3-28-22-29-21-27(2)23-40(24-28,25-29)33-19-17-31(18-20-33)38-42-37(30-11-5-4-6-12-30)43-39(44-38)36-16-10-9-15-35(36)34-14-8-7-13-32(34)26-41/h4-20,27-29H,3,21-25H2,1-2H3/t27-,28+,29-,40?/m0/s1. The Morgan fingerprint density at radius 3 is 1.98 bits per heavy atom. The van der Waals surface area contributed by atoms with Crippen LogP contribution >= 0.6 is 0 Å². The second kappa shape index (κ2) is 11.8. The summed E-state index contributed by atoms with van der Waals surface area (Å²) in [6.07, 6.45) is 7.97. The van der Waals surface area contributed by atoms with Gasteiger partial charge in [-0.15, -0.1) is 0 Å². The third-order valence-electron chi connectivity index (χ3n) is 10.0. The quantitative estimate of drug-likeness (QED) is 0.202. The van der Waals surface area contributed by atoms with Crippen LogP contribution in [-0.4, -0.2) is 15.0 Å². The minimum absolute atomic E-state index is 0.284. The molecule has 4 heteroatoms. The van der Waals surface area contributed by atoms with Crippen LogP contribution in [0.15, 0.2) is 103 Å². The fourth-order valence-electron chi connectivity index (χ4n) is 8.20. The van der Waals surface area contributed by atoms with E-state index in [1.807, 2.05) is 78.9 Å². The van der Waals surface area contributed by atoms with Crippen LogP contribution in [0.4, 0.5) is 0 Å². The van der Waals surface area contributed by atoms with E-state index >= 15 is 0 Å². The second-order valence-electron chi connectivity index (χ2n) is 13.1. The van der Waals surface area contributed by atoms with Crippen molar-refractivity contribution < 1.29 is 0 Å². The number of hydrogen-bond acceptors (Lipinski definition) is 4. The molecule has 218 valence electrons. The molecule has 7 rings (SSSR count). The van der Waals surface area contributed by atoms with Crippen molar-refractivity contribution in [3.05, 3.63) is 114 Å². The molecule has 2 saturated carbocycles. The lowest BCUT2D eigenvalue weighted by molar-refractivity contribution is 0.0702. The maximum Gasteiger partial charge on any atom is 0.164 e. The summed E-state index contributed by atoms with van der Waals surface area (Å²) in [5.41, 5.74) is 7.00. The monoisotopic (exact) mass is 574 g/mol. The third kappa shape index (κ3) is 5.33. The number of hydrogen-bond donors (Lipinski definition) is 0. The van der Waals surface area contributed by atoms with Crippen molar-refractivity contribution >= 4 is 0 Å². The van der Waals surface area contributed by atoms with Crippen LogP contribution < -0.4 is 0 Å². The normalized spacial score (nSPS) is 22.7. The Balaban J connectivity index is 1.33. The van der Waals surface area contributed by atoms with Crippen molar-refractivity contribution in [1.29, 1.82) is 5.26 Å². The predicted octanol–water partition coefficient (Wildman–Crippen LogP) is 9.91. The van der Waals surface area contributed by atoms with E-state index in [0.717, 1.165) is 45.6 Å². The molecule has 0 amide bonds. The Bertz CT molecular complexity index is 1820. The highest BCUT2D eigenvalue weighted by atomic mass is 15.0. The van der Waals surface area contributed by atoms with Gasteiger partial charge in [0.05, 0.1) is 11.6 Å². The summed E-state index contributed by atoms with van der Waals surface area (Å²) < 4.78 is 0.